The highest BCUT2D eigenvalue weighted by Gasteiger charge is 2.39. The highest BCUT2D eigenvalue weighted by atomic mass is 19.1. The molecule has 0 fully saturated rings. The van der Waals surface area contributed by atoms with Gasteiger partial charge in [-0.3, -0.25) is 14.5 Å². The molecule has 0 bridgehead atoms. The molecule has 3 aromatic rings. The number of para-hydroxylation sites is 2. The lowest BCUT2D eigenvalue weighted by molar-refractivity contribution is -0.118. The van der Waals surface area contributed by atoms with Gasteiger partial charge in [-0.25, -0.2) is 4.39 Å². The first kappa shape index (κ1) is 20.8. The van der Waals surface area contributed by atoms with Crippen molar-refractivity contribution in [1.29, 1.82) is 0 Å². The summed E-state index contributed by atoms with van der Waals surface area (Å²) in [4.78, 5) is 29.7. The van der Waals surface area contributed by atoms with Crippen molar-refractivity contribution < 1.29 is 14.0 Å². The minimum absolute atomic E-state index is 0.0326. The predicted molar refractivity (Wildman–Crippen MR) is 121 cm³/mol. The van der Waals surface area contributed by atoms with Gasteiger partial charge in [0.15, 0.2) is 0 Å². The van der Waals surface area contributed by atoms with Gasteiger partial charge < -0.3 is 4.90 Å². The summed E-state index contributed by atoms with van der Waals surface area (Å²) in [5.41, 5.74) is 2.34. The second kappa shape index (κ2) is 8.72. The maximum atomic E-state index is 14.9. The smallest absolute Gasteiger partial charge is 0.258 e. The summed E-state index contributed by atoms with van der Waals surface area (Å²) >= 11 is 0. The Morgan fingerprint density at radius 1 is 0.968 bits per heavy atom. The van der Waals surface area contributed by atoms with Crippen LogP contribution in [0.25, 0.3) is 0 Å². The van der Waals surface area contributed by atoms with Crippen LogP contribution in [0.2, 0.25) is 0 Å². The van der Waals surface area contributed by atoms with Crippen molar-refractivity contribution in [2.45, 2.75) is 38.8 Å². The molecule has 0 unspecified atom stereocenters. The van der Waals surface area contributed by atoms with E-state index >= 15 is 0 Å². The van der Waals surface area contributed by atoms with Crippen LogP contribution in [0.5, 0.6) is 0 Å². The average Bonchev–Trinajstić information content (AvgIpc) is 2.80. The maximum Gasteiger partial charge on any atom is 0.258 e. The summed E-state index contributed by atoms with van der Waals surface area (Å²) in [6.45, 7) is 3.82. The first-order valence-corrected chi connectivity index (χ1v) is 10.6. The zero-order valence-corrected chi connectivity index (χ0v) is 17.7. The quantitative estimate of drug-likeness (QED) is 0.543. The second-order valence-corrected chi connectivity index (χ2v) is 7.77. The Morgan fingerprint density at radius 3 is 2.32 bits per heavy atom. The molecule has 1 heterocycles. The molecule has 0 saturated heterocycles. The fourth-order valence-electron chi connectivity index (χ4n) is 4.36. The molecule has 0 N–H and O–H groups in total. The topological polar surface area (TPSA) is 40.6 Å². The van der Waals surface area contributed by atoms with E-state index in [1.54, 1.807) is 52.3 Å². The van der Waals surface area contributed by atoms with E-state index < -0.39 is 11.9 Å². The molecule has 0 saturated carbocycles. The number of amides is 2. The van der Waals surface area contributed by atoms with Crippen LogP contribution in [0.1, 0.15) is 48.7 Å². The fourth-order valence-corrected chi connectivity index (χ4v) is 4.36. The van der Waals surface area contributed by atoms with Gasteiger partial charge in [-0.05, 0) is 49.2 Å². The number of carbonyl (C=O) groups excluding carboxylic acids is 2. The van der Waals surface area contributed by atoms with Crippen LogP contribution in [-0.2, 0) is 4.79 Å². The van der Waals surface area contributed by atoms with Gasteiger partial charge in [0, 0.05) is 23.7 Å². The van der Waals surface area contributed by atoms with Crippen molar-refractivity contribution in [1.82, 2.24) is 0 Å². The van der Waals surface area contributed by atoms with Crippen LogP contribution in [0.3, 0.4) is 0 Å². The molecule has 1 aliphatic rings. The van der Waals surface area contributed by atoms with Crippen LogP contribution < -0.4 is 9.80 Å². The minimum Gasteiger partial charge on any atom is -0.309 e. The SMILES string of the molecule is CCC(=O)N1c2ccccc2[C@H](N(C(=O)c2ccccc2)c2ccccc2F)C[C@@H]1C. The predicted octanol–water partition coefficient (Wildman–Crippen LogP) is 5.75. The lowest BCUT2D eigenvalue weighted by Gasteiger charge is -2.43. The second-order valence-electron chi connectivity index (χ2n) is 7.77. The Kier molecular flexibility index (Phi) is 5.85. The van der Waals surface area contributed by atoms with Crippen molar-refractivity contribution >= 4 is 23.2 Å². The monoisotopic (exact) mass is 416 g/mol. The molecule has 31 heavy (non-hydrogen) atoms. The maximum absolute atomic E-state index is 14.9. The Labute approximate surface area is 181 Å². The number of nitrogens with zero attached hydrogens (tertiary/aromatic N) is 2. The third-order valence-electron chi connectivity index (χ3n) is 5.79. The summed E-state index contributed by atoms with van der Waals surface area (Å²) in [5.74, 6) is -0.692. The van der Waals surface area contributed by atoms with Crippen molar-refractivity contribution in [2.75, 3.05) is 9.80 Å². The van der Waals surface area contributed by atoms with E-state index in [0.717, 1.165) is 11.3 Å². The van der Waals surface area contributed by atoms with Crippen LogP contribution >= 0.6 is 0 Å². The number of fused-ring (bicyclic) bond motifs is 1. The molecule has 0 aliphatic carbocycles. The number of halogens is 1. The molecular formula is C26H25FN2O2. The lowest BCUT2D eigenvalue weighted by atomic mass is 9.89. The van der Waals surface area contributed by atoms with Gasteiger partial charge in [-0.15, -0.1) is 0 Å². The number of anilines is 2. The number of hydrogen-bond acceptors (Lipinski definition) is 2. The fraction of sp³-hybridized carbons (Fsp3) is 0.231. The summed E-state index contributed by atoms with van der Waals surface area (Å²) in [5, 5.41) is 0. The van der Waals surface area contributed by atoms with Gasteiger partial charge in [0.05, 0.1) is 11.7 Å². The third-order valence-corrected chi connectivity index (χ3v) is 5.79. The zero-order chi connectivity index (χ0) is 22.0. The van der Waals surface area contributed by atoms with Gasteiger partial charge in [-0.1, -0.05) is 55.5 Å². The number of benzene rings is 3. The summed E-state index contributed by atoms with van der Waals surface area (Å²) in [6, 6.07) is 22.3. The largest absolute Gasteiger partial charge is 0.309 e. The van der Waals surface area contributed by atoms with Crippen LogP contribution in [0, 0.1) is 5.82 Å². The van der Waals surface area contributed by atoms with Crippen molar-refractivity contribution in [2.24, 2.45) is 0 Å². The molecule has 0 aromatic heterocycles. The molecule has 5 heteroatoms. The highest BCUT2D eigenvalue weighted by molar-refractivity contribution is 6.07. The summed E-state index contributed by atoms with van der Waals surface area (Å²) in [6.07, 6.45) is 0.902. The first-order valence-electron chi connectivity index (χ1n) is 10.6. The molecule has 3 aromatic carbocycles. The van der Waals surface area contributed by atoms with Crippen LogP contribution in [-0.4, -0.2) is 17.9 Å². The average molecular weight is 416 g/mol. The van der Waals surface area contributed by atoms with Crippen molar-refractivity contribution in [3.8, 4) is 0 Å². The Morgan fingerprint density at radius 2 is 1.61 bits per heavy atom. The van der Waals surface area contributed by atoms with Crippen LogP contribution in [0.15, 0.2) is 78.9 Å². The van der Waals surface area contributed by atoms with E-state index in [1.807, 2.05) is 44.2 Å². The van der Waals surface area contributed by atoms with Crippen LogP contribution in [0.4, 0.5) is 15.8 Å². The Hall–Kier alpha value is -3.47. The van der Waals surface area contributed by atoms with Crippen molar-refractivity contribution in [3.63, 3.8) is 0 Å². The normalized spacial score (nSPS) is 17.7. The molecule has 4 rings (SSSR count). The minimum atomic E-state index is -0.455. The molecule has 0 spiro atoms. The Balaban J connectivity index is 1.88. The van der Waals surface area contributed by atoms with E-state index in [9.17, 15) is 14.0 Å². The molecule has 4 nitrogen and oxygen atoms in total. The molecule has 158 valence electrons. The van der Waals surface area contributed by atoms with E-state index in [-0.39, 0.29) is 23.5 Å². The molecule has 2 amide bonds. The van der Waals surface area contributed by atoms with Gasteiger partial charge in [0.2, 0.25) is 5.91 Å². The molecular weight excluding hydrogens is 391 g/mol. The van der Waals surface area contributed by atoms with E-state index in [1.165, 1.54) is 6.07 Å². The zero-order valence-electron chi connectivity index (χ0n) is 17.7. The first-order chi connectivity index (χ1) is 15.0. The number of carbonyl (C=O) groups is 2. The molecule has 2 atom stereocenters. The third kappa shape index (κ3) is 3.83. The Bertz CT molecular complexity index is 1100. The summed E-state index contributed by atoms with van der Waals surface area (Å²) < 4.78 is 14.9. The molecule has 0 radical (unpaired) electrons. The van der Waals surface area contributed by atoms with E-state index in [0.29, 0.717) is 18.4 Å². The van der Waals surface area contributed by atoms with Gasteiger partial charge in [-0.2, -0.15) is 0 Å². The summed E-state index contributed by atoms with van der Waals surface area (Å²) in [7, 11) is 0. The molecule has 1 aliphatic heterocycles. The number of hydrogen-bond donors (Lipinski definition) is 0. The standard InChI is InChI=1S/C26H25FN2O2/c1-3-25(30)28-18(2)17-24(20-13-7-9-15-22(20)28)29(23-16-10-8-14-21(23)27)26(31)19-11-5-4-6-12-19/h4-16,18,24H,3,17H2,1-2H3/t18-,24+/m0/s1. The van der Waals surface area contributed by atoms with Gasteiger partial charge in [0.25, 0.3) is 5.91 Å². The van der Waals surface area contributed by atoms with Crippen molar-refractivity contribution in [3.05, 3.63) is 95.8 Å². The van der Waals surface area contributed by atoms with Gasteiger partial charge >= 0.3 is 0 Å². The number of rotatable bonds is 4. The lowest BCUT2D eigenvalue weighted by Crippen LogP contribution is -2.47. The van der Waals surface area contributed by atoms with E-state index in [2.05, 4.69) is 0 Å². The van der Waals surface area contributed by atoms with Gasteiger partial charge in [0.1, 0.15) is 5.82 Å². The highest BCUT2D eigenvalue weighted by Crippen LogP contribution is 2.43. The van der Waals surface area contributed by atoms with E-state index in [4.69, 9.17) is 0 Å².